The van der Waals surface area contributed by atoms with Crippen LogP contribution in [-0.2, 0) is 4.79 Å². The summed E-state index contributed by atoms with van der Waals surface area (Å²) in [4.78, 5) is 29.5. The third kappa shape index (κ3) is 5.15. The number of hydrogen-bond acceptors (Lipinski definition) is 5. The van der Waals surface area contributed by atoms with Crippen LogP contribution >= 0.6 is 11.6 Å². The molecule has 1 aromatic carbocycles. The number of ketones is 1. The molecule has 2 aromatic heterocycles. The maximum Gasteiger partial charge on any atom is 0.212 e. The van der Waals surface area contributed by atoms with Crippen LogP contribution in [0.4, 0.5) is 8.78 Å². The molecule has 0 aliphatic rings. The number of aromatic nitrogens is 2. The quantitative estimate of drug-likeness (QED) is 0.371. The highest BCUT2D eigenvalue weighted by molar-refractivity contribution is 6.31. The molecule has 0 saturated heterocycles. The zero-order valence-electron chi connectivity index (χ0n) is 16.2. The van der Waals surface area contributed by atoms with Crippen LogP contribution in [0.25, 0.3) is 11.3 Å². The van der Waals surface area contributed by atoms with E-state index >= 15 is 0 Å². The molecule has 0 radical (unpaired) electrons. The second-order valence-corrected chi connectivity index (χ2v) is 6.30. The first-order chi connectivity index (χ1) is 14.3. The maximum absolute atomic E-state index is 14.4. The van der Waals surface area contributed by atoms with Crippen LogP contribution in [0.1, 0.15) is 28.5 Å². The topological polar surface area (TPSA) is 95.2 Å². The molecule has 0 aliphatic carbocycles. The summed E-state index contributed by atoms with van der Waals surface area (Å²) in [5.74, 6) is -1.79. The van der Waals surface area contributed by atoms with Crippen LogP contribution in [0.5, 0.6) is 5.75 Å². The number of amides is 1. The van der Waals surface area contributed by atoms with E-state index in [0.29, 0.717) is 29.5 Å². The summed E-state index contributed by atoms with van der Waals surface area (Å²) in [6.07, 6.45) is 3.22. The maximum atomic E-state index is 14.4. The number of benzene rings is 1. The highest BCUT2D eigenvalue weighted by Crippen LogP contribution is 2.36. The monoisotopic (exact) mass is 433 g/mol. The van der Waals surface area contributed by atoms with Gasteiger partial charge in [0, 0.05) is 29.6 Å². The molecule has 0 fully saturated rings. The minimum absolute atomic E-state index is 0.0474. The molecule has 0 bridgehead atoms. The van der Waals surface area contributed by atoms with Crippen molar-refractivity contribution < 1.29 is 23.1 Å². The number of rotatable bonds is 5. The Morgan fingerprint density at radius 1 is 1.27 bits per heavy atom. The van der Waals surface area contributed by atoms with Crippen molar-refractivity contribution in [1.82, 2.24) is 9.97 Å². The van der Waals surface area contributed by atoms with E-state index in [1.807, 2.05) is 0 Å². The number of pyridine rings is 2. The molecule has 2 heterocycles. The smallest absolute Gasteiger partial charge is 0.212 e. The van der Waals surface area contributed by atoms with Crippen LogP contribution in [0.3, 0.4) is 0 Å². The van der Waals surface area contributed by atoms with E-state index in [0.717, 1.165) is 6.07 Å². The first-order valence-corrected chi connectivity index (χ1v) is 9.11. The van der Waals surface area contributed by atoms with Gasteiger partial charge in [-0.1, -0.05) is 11.6 Å². The number of carbonyl (C=O) groups is 2. The number of ether oxygens (including phenoxy) is 1. The molecule has 0 spiro atoms. The Bertz CT molecular complexity index is 1060. The Morgan fingerprint density at radius 3 is 2.57 bits per heavy atom. The molecular formula is C21H18ClF2N3O3. The Hall–Kier alpha value is -3.39. The van der Waals surface area contributed by atoms with Gasteiger partial charge in [0.05, 0.1) is 11.6 Å². The molecule has 6 nitrogen and oxygen atoms in total. The number of carbonyl (C=O) groups excluding carboxylic acids is 2. The molecule has 3 rings (SSSR count). The average molecular weight is 434 g/mol. The number of nitrogens with two attached hydrogens (primary N) is 1. The van der Waals surface area contributed by atoms with Crippen molar-refractivity contribution in [3.05, 3.63) is 76.2 Å². The van der Waals surface area contributed by atoms with Crippen molar-refractivity contribution in [1.29, 1.82) is 0 Å². The second-order valence-electron chi connectivity index (χ2n) is 5.89. The normalized spacial score (nSPS) is 10.0. The number of halogens is 3. The first kappa shape index (κ1) is 22.9. The van der Waals surface area contributed by atoms with Gasteiger partial charge in [-0.15, -0.1) is 0 Å². The molecule has 156 valence electrons. The van der Waals surface area contributed by atoms with Crippen LogP contribution in [0.2, 0.25) is 5.02 Å². The van der Waals surface area contributed by atoms with Crippen molar-refractivity contribution in [3.63, 3.8) is 0 Å². The van der Waals surface area contributed by atoms with Crippen molar-refractivity contribution >= 4 is 23.8 Å². The van der Waals surface area contributed by atoms with Gasteiger partial charge in [-0.2, -0.15) is 0 Å². The Morgan fingerprint density at radius 2 is 1.97 bits per heavy atom. The molecule has 3 aromatic rings. The summed E-state index contributed by atoms with van der Waals surface area (Å²) in [7, 11) is 0. The summed E-state index contributed by atoms with van der Waals surface area (Å²) >= 11 is 5.82. The fourth-order valence-corrected chi connectivity index (χ4v) is 2.80. The zero-order chi connectivity index (χ0) is 22.3. The largest absolute Gasteiger partial charge is 0.491 e. The van der Waals surface area contributed by atoms with Crippen molar-refractivity contribution in [3.8, 4) is 17.0 Å². The second kappa shape index (κ2) is 10.4. The van der Waals surface area contributed by atoms with Gasteiger partial charge in [-0.25, -0.2) is 13.8 Å². The first-order valence-electron chi connectivity index (χ1n) is 8.73. The van der Waals surface area contributed by atoms with Gasteiger partial charge in [0.15, 0.2) is 0 Å². The summed E-state index contributed by atoms with van der Waals surface area (Å²) in [6.45, 7) is 3.80. The molecule has 0 saturated carbocycles. The Labute approximate surface area is 176 Å². The molecule has 0 atom stereocenters. The molecule has 0 aliphatic heterocycles. The number of hydrogen-bond donors (Lipinski definition) is 1. The Kier molecular flexibility index (Phi) is 7.94. The third-order valence-electron chi connectivity index (χ3n) is 3.87. The van der Waals surface area contributed by atoms with E-state index in [-0.39, 0.29) is 34.2 Å². The predicted octanol–water partition coefficient (Wildman–Crippen LogP) is 4.11. The summed E-state index contributed by atoms with van der Waals surface area (Å²) < 4.78 is 33.6. The summed E-state index contributed by atoms with van der Waals surface area (Å²) in [5.41, 5.74) is 5.24. The van der Waals surface area contributed by atoms with Gasteiger partial charge in [0.1, 0.15) is 28.8 Å². The number of primary amides is 1. The SMILES string of the molecule is CCOc1c(C)cc(C(=O)c2cccnc2)nc1-c1cc(Cl)c(F)cc1F.NC=O. The lowest BCUT2D eigenvalue weighted by atomic mass is 10.0. The van der Waals surface area contributed by atoms with Gasteiger partial charge >= 0.3 is 0 Å². The van der Waals surface area contributed by atoms with E-state index in [1.165, 1.54) is 6.20 Å². The van der Waals surface area contributed by atoms with Crippen LogP contribution < -0.4 is 10.5 Å². The number of nitrogens with zero attached hydrogens (tertiary/aromatic N) is 2. The van der Waals surface area contributed by atoms with E-state index in [2.05, 4.69) is 15.7 Å². The van der Waals surface area contributed by atoms with Gasteiger partial charge in [-0.3, -0.25) is 14.6 Å². The third-order valence-corrected chi connectivity index (χ3v) is 4.16. The summed E-state index contributed by atoms with van der Waals surface area (Å²) in [5, 5.41) is -0.253. The standard InChI is InChI=1S/C20H15ClF2N2O2.CH3NO/c1-3-27-20-11(2)7-17(19(26)12-5-4-6-24-10-12)25-18(20)13-8-14(21)16(23)9-15(13)22;2-1-3/h4-10H,3H2,1-2H3;1H,(H2,2,3). The van der Waals surface area contributed by atoms with Gasteiger partial charge in [0.2, 0.25) is 12.2 Å². The van der Waals surface area contributed by atoms with Crippen molar-refractivity contribution in [2.75, 3.05) is 6.61 Å². The van der Waals surface area contributed by atoms with Crippen LogP contribution in [0.15, 0.2) is 42.7 Å². The van der Waals surface area contributed by atoms with E-state index < -0.39 is 11.6 Å². The van der Waals surface area contributed by atoms with Crippen LogP contribution in [-0.4, -0.2) is 28.8 Å². The van der Waals surface area contributed by atoms with Crippen LogP contribution in [0, 0.1) is 18.6 Å². The van der Waals surface area contributed by atoms with Gasteiger partial charge in [0.25, 0.3) is 0 Å². The highest BCUT2D eigenvalue weighted by Gasteiger charge is 2.21. The highest BCUT2D eigenvalue weighted by atomic mass is 35.5. The minimum Gasteiger partial charge on any atom is -0.491 e. The molecule has 9 heteroatoms. The minimum atomic E-state index is -0.879. The summed E-state index contributed by atoms with van der Waals surface area (Å²) in [6, 6.07) is 6.62. The van der Waals surface area contributed by atoms with E-state index in [9.17, 15) is 13.6 Å². The predicted molar refractivity (Wildman–Crippen MR) is 108 cm³/mol. The van der Waals surface area contributed by atoms with Gasteiger partial charge in [-0.05, 0) is 43.7 Å². The van der Waals surface area contributed by atoms with E-state index in [4.69, 9.17) is 21.1 Å². The molecule has 0 unspecified atom stereocenters. The molecule has 2 N–H and O–H groups in total. The zero-order valence-corrected chi connectivity index (χ0v) is 16.9. The molecule has 30 heavy (non-hydrogen) atoms. The molecular weight excluding hydrogens is 416 g/mol. The van der Waals surface area contributed by atoms with Crippen molar-refractivity contribution in [2.24, 2.45) is 5.73 Å². The van der Waals surface area contributed by atoms with Gasteiger partial charge < -0.3 is 10.5 Å². The number of aryl methyl sites for hydroxylation is 1. The lowest BCUT2D eigenvalue weighted by molar-refractivity contribution is -0.106. The van der Waals surface area contributed by atoms with Crippen molar-refractivity contribution in [2.45, 2.75) is 13.8 Å². The average Bonchev–Trinajstić information content (AvgIpc) is 2.73. The van der Waals surface area contributed by atoms with E-state index in [1.54, 1.807) is 38.2 Å². The lowest BCUT2D eigenvalue weighted by Gasteiger charge is -2.15. The molecule has 1 amide bonds. The Balaban J connectivity index is 0.00000101. The fourth-order valence-electron chi connectivity index (χ4n) is 2.64. The lowest BCUT2D eigenvalue weighted by Crippen LogP contribution is -2.09. The fraction of sp³-hybridized carbons (Fsp3) is 0.143.